The van der Waals surface area contributed by atoms with Crippen molar-refractivity contribution in [3.63, 3.8) is 0 Å². The molecular formula is C12H13ClN4O. The molecule has 1 saturated heterocycles. The number of nitrogens with one attached hydrogen (secondary N) is 2. The van der Waals surface area contributed by atoms with E-state index in [0.29, 0.717) is 16.5 Å². The minimum atomic E-state index is -0.258. The second-order valence-electron chi connectivity index (χ2n) is 4.32. The van der Waals surface area contributed by atoms with E-state index in [4.69, 9.17) is 11.6 Å². The van der Waals surface area contributed by atoms with Crippen LogP contribution in [-0.2, 0) is 0 Å². The predicted molar refractivity (Wildman–Crippen MR) is 69.2 cm³/mol. The van der Waals surface area contributed by atoms with Gasteiger partial charge in [-0.15, -0.1) is 0 Å². The molecule has 2 heterocycles. The minimum absolute atomic E-state index is 0.111. The predicted octanol–water partition coefficient (Wildman–Crippen LogP) is 1.64. The van der Waals surface area contributed by atoms with Gasteiger partial charge in [-0.2, -0.15) is 5.10 Å². The lowest BCUT2D eigenvalue weighted by atomic mass is 10.2. The van der Waals surface area contributed by atoms with Crippen molar-refractivity contribution in [2.45, 2.75) is 18.9 Å². The molecule has 3 rings (SSSR count). The number of hydrogen-bond acceptors (Lipinski definition) is 3. The molecule has 2 aromatic rings. The molecule has 1 unspecified atom stereocenters. The number of aromatic nitrogens is 3. The van der Waals surface area contributed by atoms with E-state index in [-0.39, 0.29) is 11.7 Å². The third-order valence-corrected chi connectivity index (χ3v) is 3.48. The van der Waals surface area contributed by atoms with Crippen molar-refractivity contribution < 1.29 is 0 Å². The van der Waals surface area contributed by atoms with Gasteiger partial charge < -0.3 is 5.32 Å². The van der Waals surface area contributed by atoms with Crippen LogP contribution in [0.1, 0.15) is 24.7 Å². The molecule has 94 valence electrons. The first-order valence-electron chi connectivity index (χ1n) is 5.93. The largest absolute Gasteiger partial charge is 0.348 e. The highest BCUT2D eigenvalue weighted by atomic mass is 35.5. The fourth-order valence-electron chi connectivity index (χ4n) is 2.31. The second kappa shape index (κ2) is 4.59. The summed E-state index contributed by atoms with van der Waals surface area (Å²) < 4.78 is 1.55. The van der Waals surface area contributed by atoms with Crippen LogP contribution in [0.2, 0.25) is 5.02 Å². The van der Waals surface area contributed by atoms with Crippen molar-refractivity contribution in [3.05, 3.63) is 45.6 Å². The summed E-state index contributed by atoms with van der Waals surface area (Å²) in [6.07, 6.45) is 2.07. The van der Waals surface area contributed by atoms with Gasteiger partial charge in [0.05, 0.1) is 16.8 Å². The monoisotopic (exact) mass is 264 g/mol. The van der Waals surface area contributed by atoms with Gasteiger partial charge in [-0.3, -0.25) is 0 Å². The van der Waals surface area contributed by atoms with E-state index in [1.165, 1.54) is 0 Å². The van der Waals surface area contributed by atoms with Crippen molar-refractivity contribution in [3.8, 4) is 5.69 Å². The van der Waals surface area contributed by atoms with Gasteiger partial charge in [0.1, 0.15) is 0 Å². The van der Waals surface area contributed by atoms with Crippen molar-refractivity contribution in [1.82, 2.24) is 20.1 Å². The van der Waals surface area contributed by atoms with Crippen LogP contribution in [-0.4, -0.2) is 21.3 Å². The lowest BCUT2D eigenvalue weighted by Gasteiger charge is -2.12. The molecular weight excluding hydrogens is 252 g/mol. The van der Waals surface area contributed by atoms with Crippen LogP contribution in [0, 0.1) is 0 Å². The summed E-state index contributed by atoms with van der Waals surface area (Å²) in [6.45, 7) is 0.953. The van der Waals surface area contributed by atoms with Gasteiger partial charge in [-0.25, -0.2) is 14.5 Å². The number of H-pyrrole nitrogens is 1. The Labute approximate surface area is 109 Å². The highest BCUT2D eigenvalue weighted by molar-refractivity contribution is 6.32. The Morgan fingerprint density at radius 2 is 2.22 bits per heavy atom. The third-order valence-electron chi connectivity index (χ3n) is 3.16. The molecule has 1 aromatic heterocycles. The Morgan fingerprint density at radius 3 is 2.94 bits per heavy atom. The number of aromatic amines is 1. The number of rotatable bonds is 2. The van der Waals surface area contributed by atoms with Crippen molar-refractivity contribution in [2.75, 3.05) is 6.54 Å². The summed E-state index contributed by atoms with van der Waals surface area (Å²) in [5.74, 6) is 0.700. The fourth-order valence-corrected chi connectivity index (χ4v) is 2.53. The zero-order chi connectivity index (χ0) is 12.5. The van der Waals surface area contributed by atoms with Crippen LogP contribution < -0.4 is 11.0 Å². The van der Waals surface area contributed by atoms with Crippen molar-refractivity contribution >= 4 is 11.6 Å². The van der Waals surface area contributed by atoms with E-state index >= 15 is 0 Å². The van der Waals surface area contributed by atoms with E-state index in [9.17, 15) is 4.79 Å². The normalized spacial score (nSPS) is 19.3. The van der Waals surface area contributed by atoms with Gasteiger partial charge >= 0.3 is 5.69 Å². The van der Waals surface area contributed by atoms with Crippen LogP contribution >= 0.6 is 11.6 Å². The second-order valence-corrected chi connectivity index (χ2v) is 4.73. The number of nitrogens with zero attached hydrogens (tertiary/aromatic N) is 2. The molecule has 1 fully saturated rings. The molecule has 0 bridgehead atoms. The Kier molecular flexibility index (Phi) is 2.93. The van der Waals surface area contributed by atoms with E-state index in [1.807, 2.05) is 18.2 Å². The van der Waals surface area contributed by atoms with Crippen LogP contribution in [0.5, 0.6) is 0 Å². The van der Waals surface area contributed by atoms with Crippen molar-refractivity contribution in [2.24, 2.45) is 0 Å². The maximum Gasteiger partial charge on any atom is 0.348 e. The van der Waals surface area contributed by atoms with Gasteiger partial charge in [0, 0.05) is 0 Å². The van der Waals surface area contributed by atoms with Crippen molar-refractivity contribution in [1.29, 1.82) is 0 Å². The molecule has 0 radical (unpaired) electrons. The molecule has 0 aliphatic carbocycles. The lowest BCUT2D eigenvalue weighted by molar-refractivity contribution is 0.591. The van der Waals surface area contributed by atoms with Crippen LogP contribution in [0.3, 0.4) is 0 Å². The molecule has 1 aliphatic heterocycles. The summed E-state index contributed by atoms with van der Waals surface area (Å²) in [5, 5.41) is 10.5. The number of para-hydroxylation sites is 1. The average molecular weight is 265 g/mol. The van der Waals surface area contributed by atoms with E-state index in [2.05, 4.69) is 15.5 Å². The summed E-state index contributed by atoms with van der Waals surface area (Å²) in [6, 6.07) is 7.39. The first kappa shape index (κ1) is 11.5. The smallest absolute Gasteiger partial charge is 0.307 e. The van der Waals surface area contributed by atoms with Gasteiger partial charge in [0.25, 0.3) is 0 Å². The molecule has 0 saturated carbocycles. The van der Waals surface area contributed by atoms with E-state index < -0.39 is 0 Å². The van der Waals surface area contributed by atoms with Crippen LogP contribution in [0.25, 0.3) is 5.69 Å². The third kappa shape index (κ3) is 1.85. The first-order valence-corrected chi connectivity index (χ1v) is 6.31. The summed E-state index contributed by atoms with van der Waals surface area (Å²) >= 11 is 6.14. The maximum absolute atomic E-state index is 11.9. The standard InChI is InChI=1S/C12H13ClN4O/c13-8-4-1-2-6-10(8)17-11(15-16-12(17)18)9-5-3-7-14-9/h1-2,4,6,9,14H,3,5,7H2,(H,16,18). The zero-order valence-corrected chi connectivity index (χ0v) is 10.4. The number of halogens is 1. The molecule has 0 spiro atoms. The molecule has 1 aliphatic rings. The van der Waals surface area contributed by atoms with Gasteiger partial charge in [0.15, 0.2) is 5.82 Å². The highest BCUT2D eigenvalue weighted by Gasteiger charge is 2.24. The maximum atomic E-state index is 11.9. The Morgan fingerprint density at radius 1 is 1.39 bits per heavy atom. The zero-order valence-electron chi connectivity index (χ0n) is 9.69. The van der Waals surface area contributed by atoms with E-state index in [1.54, 1.807) is 10.6 Å². The van der Waals surface area contributed by atoms with Gasteiger partial charge in [-0.05, 0) is 31.5 Å². The molecule has 0 amide bonds. The topological polar surface area (TPSA) is 62.7 Å². The Bertz CT molecular complexity index is 613. The average Bonchev–Trinajstić information content (AvgIpc) is 2.99. The van der Waals surface area contributed by atoms with Gasteiger partial charge in [0.2, 0.25) is 0 Å². The molecule has 18 heavy (non-hydrogen) atoms. The fraction of sp³-hybridized carbons (Fsp3) is 0.333. The molecule has 1 atom stereocenters. The summed E-state index contributed by atoms with van der Waals surface area (Å²) in [4.78, 5) is 11.9. The quantitative estimate of drug-likeness (QED) is 0.867. The summed E-state index contributed by atoms with van der Waals surface area (Å²) in [5.41, 5.74) is 0.411. The lowest BCUT2D eigenvalue weighted by Crippen LogP contribution is -2.22. The molecule has 6 heteroatoms. The summed E-state index contributed by atoms with van der Waals surface area (Å²) in [7, 11) is 0. The SMILES string of the molecule is O=c1[nH]nc(C2CCCN2)n1-c1ccccc1Cl. The molecule has 1 aromatic carbocycles. The first-order chi connectivity index (χ1) is 8.77. The Hall–Kier alpha value is -1.59. The van der Waals surface area contributed by atoms with Crippen LogP contribution in [0.4, 0.5) is 0 Å². The minimum Gasteiger partial charge on any atom is -0.307 e. The number of hydrogen-bond donors (Lipinski definition) is 2. The van der Waals surface area contributed by atoms with Gasteiger partial charge in [-0.1, -0.05) is 23.7 Å². The van der Waals surface area contributed by atoms with E-state index in [0.717, 1.165) is 19.4 Å². The number of benzene rings is 1. The highest BCUT2D eigenvalue weighted by Crippen LogP contribution is 2.25. The molecule has 5 nitrogen and oxygen atoms in total. The Balaban J connectivity index is 2.14. The molecule has 2 N–H and O–H groups in total. The van der Waals surface area contributed by atoms with Crippen LogP contribution in [0.15, 0.2) is 29.1 Å².